The summed E-state index contributed by atoms with van der Waals surface area (Å²) in [6, 6.07) is 5.35. The smallest absolute Gasteiger partial charge is 0.343 e. The van der Waals surface area contributed by atoms with Crippen molar-refractivity contribution in [3.05, 3.63) is 39.7 Å². The van der Waals surface area contributed by atoms with Gasteiger partial charge in [0.05, 0.1) is 26.5 Å². The third-order valence-electron chi connectivity index (χ3n) is 5.58. The molecule has 1 saturated carbocycles. The Bertz CT molecular complexity index is 1050. The Morgan fingerprint density at radius 1 is 1.17 bits per heavy atom. The first-order valence-corrected chi connectivity index (χ1v) is 10.3. The highest BCUT2D eigenvalue weighted by Crippen LogP contribution is 2.50. The van der Waals surface area contributed by atoms with Crippen LogP contribution in [0.3, 0.4) is 0 Å². The van der Waals surface area contributed by atoms with Crippen molar-refractivity contribution in [3.8, 4) is 28.5 Å². The van der Waals surface area contributed by atoms with Crippen molar-refractivity contribution < 1.29 is 23.7 Å². The lowest BCUT2D eigenvalue weighted by atomic mass is 9.89. The predicted molar refractivity (Wildman–Crippen MR) is 112 cm³/mol. The Morgan fingerprint density at radius 3 is 2.40 bits per heavy atom. The average Bonchev–Trinajstić information content (AvgIpc) is 3.56. The number of hydrogen-bond acceptors (Lipinski definition) is 6. The first kappa shape index (κ1) is 20.3. The van der Waals surface area contributed by atoms with E-state index in [9.17, 15) is 9.59 Å². The maximum atomic E-state index is 13.4. The Labute approximate surface area is 175 Å². The Balaban J connectivity index is 2.04. The van der Waals surface area contributed by atoms with Crippen LogP contribution in [0.15, 0.2) is 23.0 Å². The van der Waals surface area contributed by atoms with Crippen molar-refractivity contribution in [3.63, 3.8) is 0 Å². The number of aromatic nitrogens is 1. The molecule has 2 aromatic rings. The van der Waals surface area contributed by atoms with Crippen LogP contribution < -0.4 is 19.8 Å². The second-order valence-corrected chi connectivity index (χ2v) is 7.97. The van der Waals surface area contributed by atoms with Crippen LogP contribution in [0.5, 0.6) is 17.2 Å². The number of pyridine rings is 1. The number of esters is 1. The summed E-state index contributed by atoms with van der Waals surface area (Å²) >= 11 is 0. The van der Waals surface area contributed by atoms with E-state index in [1.54, 1.807) is 37.8 Å². The number of rotatable bonds is 6. The highest BCUT2D eigenvalue weighted by atomic mass is 16.5. The third-order valence-corrected chi connectivity index (χ3v) is 5.58. The molecule has 0 saturated heterocycles. The molecule has 0 amide bonds. The molecule has 1 aliphatic heterocycles. The number of benzene rings is 1. The van der Waals surface area contributed by atoms with E-state index in [4.69, 9.17) is 18.9 Å². The fourth-order valence-corrected chi connectivity index (χ4v) is 4.03. The second kappa shape index (κ2) is 7.70. The lowest BCUT2D eigenvalue weighted by molar-refractivity contribution is 0.0522. The molecule has 2 aliphatic rings. The van der Waals surface area contributed by atoms with Gasteiger partial charge in [0.2, 0.25) is 0 Å². The molecule has 7 heteroatoms. The lowest BCUT2D eigenvalue weighted by Crippen LogP contribution is -2.32. The van der Waals surface area contributed by atoms with Crippen molar-refractivity contribution in [2.24, 2.45) is 5.92 Å². The molecule has 7 nitrogen and oxygen atoms in total. The van der Waals surface area contributed by atoms with Crippen molar-refractivity contribution in [2.45, 2.75) is 45.8 Å². The van der Waals surface area contributed by atoms with Crippen LogP contribution in [-0.4, -0.2) is 31.4 Å². The number of carbonyl (C=O) groups is 1. The van der Waals surface area contributed by atoms with Crippen molar-refractivity contribution in [2.75, 3.05) is 20.8 Å². The number of ether oxygens (including phenoxy) is 4. The van der Waals surface area contributed by atoms with Crippen LogP contribution in [0.1, 0.15) is 61.7 Å². The van der Waals surface area contributed by atoms with E-state index in [1.165, 1.54) is 0 Å². The summed E-state index contributed by atoms with van der Waals surface area (Å²) in [6.45, 7) is 6.04. The monoisotopic (exact) mass is 413 g/mol. The molecule has 1 atom stereocenters. The van der Waals surface area contributed by atoms with Crippen LogP contribution in [0, 0.1) is 5.92 Å². The molecule has 1 unspecified atom stereocenters. The summed E-state index contributed by atoms with van der Waals surface area (Å²) in [5, 5.41) is 0. The van der Waals surface area contributed by atoms with E-state index in [2.05, 4.69) is 13.8 Å². The molecule has 1 aromatic heterocycles. The number of carbonyl (C=O) groups excluding carboxylic acids is 1. The van der Waals surface area contributed by atoms with E-state index < -0.39 is 5.97 Å². The van der Waals surface area contributed by atoms with Gasteiger partial charge in [0.15, 0.2) is 11.5 Å². The van der Waals surface area contributed by atoms with Gasteiger partial charge in [-0.3, -0.25) is 4.79 Å². The molecule has 0 radical (unpaired) electrons. The van der Waals surface area contributed by atoms with Gasteiger partial charge in [-0.05, 0) is 37.8 Å². The summed E-state index contributed by atoms with van der Waals surface area (Å²) in [5.74, 6) is 1.27. The van der Waals surface area contributed by atoms with Crippen molar-refractivity contribution in [1.29, 1.82) is 0 Å². The Morgan fingerprint density at radius 2 is 1.83 bits per heavy atom. The fraction of sp³-hybridized carbons (Fsp3) is 0.478. The molecule has 30 heavy (non-hydrogen) atoms. The molecule has 1 fully saturated rings. The van der Waals surface area contributed by atoms with Crippen LogP contribution in [-0.2, 0) is 4.74 Å². The molecule has 1 aliphatic carbocycles. The minimum Gasteiger partial charge on any atom is -0.493 e. The fourth-order valence-electron chi connectivity index (χ4n) is 4.03. The summed E-state index contributed by atoms with van der Waals surface area (Å²) < 4.78 is 24.2. The molecule has 160 valence electrons. The molecule has 0 bridgehead atoms. The zero-order valence-electron chi connectivity index (χ0n) is 18.0. The van der Waals surface area contributed by atoms with Gasteiger partial charge in [0, 0.05) is 23.2 Å². The first-order chi connectivity index (χ1) is 14.4. The van der Waals surface area contributed by atoms with Crippen LogP contribution in [0.4, 0.5) is 0 Å². The summed E-state index contributed by atoms with van der Waals surface area (Å²) in [7, 11) is 3.15. The maximum Gasteiger partial charge on any atom is 0.343 e. The lowest BCUT2D eigenvalue weighted by Gasteiger charge is -2.33. The quantitative estimate of drug-likeness (QED) is 0.663. The number of hydrogen-bond donors (Lipinski definition) is 0. The molecular weight excluding hydrogens is 386 g/mol. The third kappa shape index (κ3) is 3.22. The number of methoxy groups -OCH3 is 2. The first-order valence-electron chi connectivity index (χ1n) is 10.3. The van der Waals surface area contributed by atoms with Crippen molar-refractivity contribution in [1.82, 2.24) is 4.57 Å². The van der Waals surface area contributed by atoms with E-state index in [1.807, 2.05) is 6.07 Å². The van der Waals surface area contributed by atoms with Crippen molar-refractivity contribution >= 4 is 5.97 Å². The highest BCUT2D eigenvalue weighted by molar-refractivity contribution is 5.90. The summed E-state index contributed by atoms with van der Waals surface area (Å²) in [6.07, 6.45) is 1.48. The van der Waals surface area contributed by atoms with Gasteiger partial charge in [0.1, 0.15) is 17.4 Å². The van der Waals surface area contributed by atoms with Gasteiger partial charge in [-0.1, -0.05) is 13.8 Å². The molecule has 1 aromatic carbocycles. The van der Waals surface area contributed by atoms with Crippen LogP contribution in [0.2, 0.25) is 0 Å². The van der Waals surface area contributed by atoms with Crippen LogP contribution in [0.25, 0.3) is 11.3 Å². The molecule has 0 N–H and O–H groups in total. The second-order valence-electron chi connectivity index (χ2n) is 7.97. The molecule has 2 heterocycles. The zero-order valence-corrected chi connectivity index (χ0v) is 18.0. The molecular formula is C23H27NO6. The summed E-state index contributed by atoms with van der Waals surface area (Å²) in [4.78, 5) is 25.9. The van der Waals surface area contributed by atoms with Gasteiger partial charge in [0.25, 0.3) is 5.56 Å². The van der Waals surface area contributed by atoms with E-state index >= 15 is 0 Å². The van der Waals surface area contributed by atoms with Gasteiger partial charge in [-0.25, -0.2) is 4.79 Å². The number of nitrogens with zero attached hydrogens (tertiary/aromatic N) is 1. The number of fused-ring (bicyclic) bond motifs is 3. The Kier molecular flexibility index (Phi) is 5.22. The van der Waals surface area contributed by atoms with E-state index in [-0.39, 0.29) is 35.8 Å². The summed E-state index contributed by atoms with van der Waals surface area (Å²) in [5.41, 5.74) is 2.11. The topological polar surface area (TPSA) is 76.0 Å². The normalized spacial score (nSPS) is 17.1. The minimum atomic E-state index is -0.597. The Hall–Kier alpha value is -2.96. The minimum absolute atomic E-state index is 0.0562. The SMILES string of the molecule is CCOC(=O)c1cc2c(n(C3CC3)c1=O)-c1cc(OC)c(OC)cc1OC2C(C)C. The van der Waals surface area contributed by atoms with Gasteiger partial charge in [-0.15, -0.1) is 0 Å². The van der Waals surface area contributed by atoms with Crippen LogP contribution >= 0.6 is 0 Å². The predicted octanol–water partition coefficient (Wildman–Crippen LogP) is 4.13. The highest BCUT2D eigenvalue weighted by Gasteiger charge is 2.38. The van der Waals surface area contributed by atoms with Gasteiger partial charge in [-0.2, -0.15) is 0 Å². The van der Waals surface area contributed by atoms with E-state index in [0.29, 0.717) is 17.2 Å². The molecule has 4 rings (SSSR count). The standard InChI is InChI=1S/C23H27NO6/c1-6-29-23(26)16-9-15-20(24(22(16)25)13-7-8-13)14-10-18(27-4)19(28-5)11-17(14)30-21(15)12(2)3/h9-13,21H,6-8H2,1-5H3. The van der Waals surface area contributed by atoms with Gasteiger partial charge < -0.3 is 23.5 Å². The van der Waals surface area contributed by atoms with Gasteiger partial charge >= 0.3 is 5.97 Å². The average molecular weight is 413 g/mol. The largest absolute Gasteiger partial charge is 0.493 e. The van der Waals surface area contributed by atoms with E-state index in [0.717, 1.165) is 29.7 Å². The molecule has 0 spiro atoms. The maximum absolute atomic E-state index is 13.4. The zero-order chi connectivity index (χ0) is 21.6.